The van der Waals surface area contributed by atoms with Gasteiger partial charge in [0.15, 0.2) is 17.3 Å². The number of unbranched alkanes of at least 4 members (excludes halogenated alkanes) is 1. The summed E-state index contributed by atoms with van der Waals surface area (Å²) in [5.41, 5.74) is 0.750. The Morgan fingerprint density at radius 3 is 2.37 bits per heavy atom. The summed E-state index contributed by atoms with van der Waals surface area (Å²) < 4.78 is 11.3. The molecule has 0 unspecified atom stereocenters. The highest BCUT2D eigenvalue weighted by molar-refractivity contribution is 6.09. The SMILES string of the molecule is CCCCC(=O)c1cc(O)cc2c1C(=O)Oc1cc(O)cc(CCC)c1O2. The molecule has 0 amide bonds. The van der Waals surface area contributed by atoms with Gasteiger partial charge in [-0.05, 0) is 25.0 Å². The standard InChI is InChI=1S/C21H22O6/c1-3-5-7-16(24)15-9-14(23)10-17-19(15)21(25)27-18-11-13(22)8-12(6-4-2)20(18)26-17/h8-11,22-23H,3-7H2,1-2H3. The molecule has 0 saturated heterocycles. The van der Waals surface area contributed by atoms with Crippen LogP contribution in [0.25, 0.3) is 0 Å². The van der Waals surface area contributed by atoms with Crippen molar-refractivity contribution in [1.82, 2.24) is 0 Å². The molecule has 1 aliphatic heterocycles. The van der Waals surface area contributed by atoms with Crippen LogP contribution < -0.4 is 9.47 Å². The normalized spacial score (nSPS) is 12.4. The molecule has 0 bridgehead atoms. The molecular weight excluding hydrogens is 348 g/mol. The summed E-state index contributed by atoms with van der Waals surface area (Å²) in [7, 11) is 0. The Morgan fingerprint density at radius 2 is 1.67 bits per heavy atom. The maximum Gasteiger partial charge on any atom is 0.348 e. The van der Waals surface area contributed by atoms with Crippen molar-refractivity contribution in [2.45, 2.75) is 46.0 Å². The molecule has 0 atom stereocenters. The van der Waals surface area contributed by atoms with E-state index in [0.29, 0.717) is 24.2 Å². The van der Waals surface area contributed by atoms with Crippen LogP contribution >= 0.6 is 0 Å². The lowest BCUT2D eigenvalue weighted by molar-refractivity contribution is 0.0732. The van der Waals surface area contributed by atoms with Crippen LogP contribution in [-0.2, 0) is 6.42 Å². The lowest BCUT2D eigenvalue weighted by atomic mass is 9.98. The highest BCUT2D eigenvalue weighted by Gasteiger charge is 2.30. The van der Waals surface area contributed by atoms with Crippen LogP contribution in [-0.4, -0.2) is 22.0 Å². The van der Waals surface area contributed by atoms with Gasteiger partial charge in [-0.15, -0.1) is 0 Å². The highest BCUT2D eigenvalue weighted by Crippen LogP contribution is 2.44. The molecule has 0 aromatic heterocycles. The Hall–Kier alpha value is -3.02. The Labute approximate surface area is 157 Å². The highest BCUT2D eigenvalue weighted by atomic mass is 16.6. The Bertz CT molecular complexity index is 900. The molecule has 0 radical (unpaired) electrons. The van der Waals surface area contributed by atoms with E-state index < -0.39 is 5.97 Å². The maximum atomic E-state index is 12.7. The second-order valence-corrected chi connectivity index (χ2v) is 6.57. The molecule has 0 saturated carbocycles. The summed E-state index contributed by atoms with van der Waals surface area (Å²) >= 11 is 0. The van der Waals surface area contributed by atoms with E-state index in [2.05, 4.69) is 0 Å². The zero-order valence-corrected chi connectivity index (χ0v) is 15.4. The minimum Gasteiger partial charge on any atom is -0.508 e. The smallest absolute Gasteiger partial charge is 0.348 e. The Kier molecular flexibility index (Phi) is 5.35. The fourth-order valence-corrected chi connectivity index (χ4v) is 3.14. The number of esters is 1. The fourth-order valence-electron chi connectivity index (χ4n) is 3.14. The largest absolute Gasteiger partial charge is 0.508 e. The maximum absolute atomic E-state index is 12.7. The third kappa shape index (κ3) is 3.74. The number of fused-ring (bicyclic) bond motifs is 2. The number of carbonyl (C=O) groups excluding carboxylic acids is 2. The minimum atomic E-state index is -0.753. The first-order valence-corrected chi connectivity index (χ1v) is 9.10. The van der Waals surface area contributed by atoms with E-state index in [4.69, 9.17) is 9.47 Å². The van der Waals surface area contributed by atoms with Crippen molar-refractivity contribution in [2.24, 2.45) is 0 Å². The number of phenols is 2. The number of hydrogen-bond acceptors (Lipinski definition) is 6. The van der Waals surface area contributed by atoms with Gasteiger partial charge in [0.2, 0.25) is 0 Å². The number of aryl methyl sites for hydroxylation is 1. The number of benzene rings is 2. The van der Waals surface area contributed by atoms with Crippen LogP contribution in [0.3, 0.4) is 0 Å². The third-order valence-electron chi connectivity index (χ3n) is 4.40. The molecule has 27 heavy (non-hydrogen) atoms. The summed E-state index contributed by atoms with van der Waals surface area (Å²) in [6, 6.07) is 5.42. The molecule has 0 aliphatic carbocycles. The van der Waals surface area contributed by atoms with Gasteiger partial charge in [0.25, 0.3) is 0 Å². The van der Waals surface area contributed by atoms with Gasteiger partial charge >= 0.3 is 5.97 Å². The van der Waals surface area contributed by atoms with E-state index in [1.165, 1.54) is 18.2 Å². The number of rotatable bonds is 6. The van der Waals surface area contributed by atoms with Gasteiger partial charge in [-0.2, -0.15) is 0 Å². The van der Waals surface area contributed by atoms with Gasteiger partial charge < -0.3 is 19.7 Å². The molecular formula is C21H22O6. The lowest BCUT2D eigenvalue weighted by Gasteiger charge is -2.13. The van der Waals surface area contributed by atoms with E-state index in [9.17, 15) is 19.8 Å². The van der Waals surface area contributed by atoms with Crippen LogP contribution in [0.1, 0.15) is 65.8 Å². The molecule has 2 aromatic rings. The average molecular weight is 370 g/mol. The topological polar surface area (TPSA) is 93.1 Å². The number of ketones is 1. The van der Waals surface area contributed by atoms with Crippen LogP contribution in [0.5, 0.6) is 28.7 Å². The van der Waals surface area contributed by atoms with E-state index >= 15 is 0 Å². The second-order valence-electron chi connectivity index (χ2n) is 6.57. The molecule has 0 spiro atoms. The van der Waals surface area contributed by atoms with Crippen molar-refractivity contribution >= 4 is 11.8 Å². The average Bonchev–Trinajstić information content (AvgIpc) is 2.75. The first kappa shape index (κ1) is 18.8. The Balaban J connectivity index is 2.14. The Morgan fingerprint density at radius 1 is 0.963 bits per heavy atom. The third-order valence-corrected chi connectivity index (χ3v) is 4.40. The van der Waals surface area contributed by atoms with E-state index in [-0.39, 0.29) is 46.3 Å². The van der Waals surface area contributed by atoms with Crippen LogP contribution in [0.4, 0.5) is 0 Å². The monoisotopic (exact) mass is 370 g/mol. The molecule has 2 aromatic carbocycles. The van der Waals surface area contributed by atoms with Crippen molar-refractivity contribution < 1.29 is 29.3 Å². The molecule has 2 N–H and O–H groups in total. The summed E-state index contributed by atoms with van der Waals surface area (Å²) in [5, 5.41) is 20.0. The zero-order valence-electron chi connectivity index (χ0n) is 15.4. The van der Waals surface area contributed by atoms with E-state index in [0.717, 1.165) is 12.8 Å². The number of aromatic hydroxyl groups is 2. The minimum absolute atomic E-state index is 0.00737. The van der Waals surface area contributed by atoms with Crippen molar-refractivity contribution in [1.29, 1.82) is 0 Å². The van der Waals surface area contributed by atoms with Crippen molar-refractivity contribution in [3.05, 3.63) is 41.0 Å². The predicted molar refractivity (Wildman–Crippen MR) is 99.1 cm³/mol. The molecule has 1 aliphatic rings. The van der Waals surface area contributed by atoms with Gasteiger partial charge in [0.05, 0.1) is 0 Å². The molecule has 142 valence electrons. The van der Waals surface area contributed by atoms with Crippen molar-refractivity contribution in [3.8, 4) is 28.7 Å². The van der Waals surface area contributed by atoms with Crippen LogP contribution in [0.15, 0.2) is 24.3 Å². The second kappa shape index (κ2) is 7.70. The quantitative estimate of drug-likeness (QED) is 0.433. The summed E-state index contributed by atoms with van der Waals surface area (Å²) in [6.07, 6.45) is 3.16. The number of phenolic OH excluding ortho intramolecular Hbond substituents is 2. The van der Waals surface area contributed by atoms with E-state index in [1.807, 2.05) is 13.8 Å². The van der Waals surface area contributed by atoms with Gasteiger partial charge in [-0.25, -0.2) is 4.79 Å². The summed E-state index contributed by atoms with van der Waals surface area (Å²) in [6.45, 7) is 3.94. The number of Topliss-reactive ketones (excluding diaryl/α,β-unsaturated/α-hetero) is 1. The number of carbonyl (C=O) groups is 2. The molecule has 6 heteroatoms. The fraction of sp³-hybridized carbons (Fsp3) is 0.333. The van der Waals surface area contributed by atoms with Crippen molar-refractivity contribution in [3.63, 3.8) is 0 Å². The lowest BCUT2D eigenvalue weighted by Crippen LogP contribution is -2.14. The first-order valence-electron chi connectivity index (χ1n) is 9.10. The van der Waals surface area contributed by atoms with Gasteiger partial charge in [0.1, 0.15) is 22.8 Å². The van der Waals surface area contributed by atoms with Gasteiger partial charge in [-0.3, -0.25) is 4.79 Å². The van der Waals surface area contributed by atoms with Gasteiger partial charge in [-0.1, -0.05) is 26.7 Å². The molecule has 6 nitrogen and oxygen atoms in total. The summed E-state index contributed by atoms with van der Waals surface area (Å²) in [5.74, 6) is -0.752. The van der Waals surface area contributed by atoms with Gasteiger partial charge in [0, 0.05) is 29.7 Å². The number of hydrogen-bond donors (Lipinski definition) is 2. The molecule has 3 rings (SSSR count). The number of ether oxygens (including phenoxy) is 2. The van der Waals surface area contributed by atoms with Crippen LogP contribution in [0, 0.1) is 0 Å². The van der Waals surface area contributed by atoms with Crippen LogP contribution in [0.2, 0.25) is 0 Å². The summed E-state index contributed by atoms with van der Waals surface area (Å²) in [4.78, 5) is 25.3. The molecule has 1 heterocycles. The first-order chi connectivity index (χ1) is 12.9. The predicted octanol–water partition coefficient (Wildman–Crippen LogP) is 4.75. The van der Waals surface area contributed by atoms with E-state index in [1.54, 1.807) is 6.07 Å². The zero-order chi connectivity index (χ0) is 19.6. The molecule has 0 fully saturated rings. The van der Waals surface area contributed by atoms with Crippen molar-refractivity contribution in [2.75, 3.05) is 0 Å².